The number of hydrogen-bond acceptors (Lipinski definition) is 2. The highest BCUT2D eigenvalue weighted by Gasteiger charge is 2.48. The number of allylic oxidation sites excluding steroid dienone is 1. The number of hydrogen-bond donors (Lipinski definition) is 0. The zero-order valence-corrected chi connectivity index (χ0v) is 11.2. The summed E-state index contributed by atoms with van der Waals surface area (Å²) in [7, 11) is 0. The minimum Gasteiger partial charge on any atom is -0.181 e. The Balaban J connectivity index is 1.70. The van der Waals surface area contributed by atoms with E-state index in [1.165, 1.54) is 50.6 Å². The SMILES string of the molecule is CCCC1N=NC2=C1CC[C@@H]1[C@@H](CC)[C@@H]1CC2. The summed E-state index contributed by atoms with van der Waals surface area (Å²) in [6, 6.07) is 0.449. The monoisotopic (exact) mass is 232 g/mol. The smallest absolute Gasteiger partial charge is 0.0943 e. The first-order chi connectivity index (χ1) is 8.35. The van der Waals surface area contributed by atoms with E-state index in [1.807, 2.05) is 0 Å². The summed E-state index contributed by atoms with van der Waals surface area (Å²) in [4.78, 5) is 0. The molecule has 4 atom stereocenters. The molecule has 0 radical (unpaired) electrons. The summed E-state index contributed by atoms with van der Waals surface area (Å²) < 4.78 is 0. The fourth-order valence-electron chi connectivity index (χ4n) is 4.10. The molecule has 0 spiro atoms. The lowest BCUT2D eigenvalue weighted by Gasteiger charge is -2.14. The third kappa shape index (κ3) is 1.96. The van der Waals surface area contributed by atoms with Crippen molar-refractivity contribution in [3.8, 4) is 0 Å². The van der Waals surface area contributed by atoms with Crippen LogP contribution in [0.2, 0.25) is 0 Å². The Hall–Kier alpha value is -0.660. The fraction of sp³-hybridized carbons (Fsp3) is 0.867. The number of nitrogens with zero attached hydrogens (tertiary/aromatic N) is 2. The molecule has 0 amide bonds. The lowest BCUT2D eigenvalue weighted by molar-refractivity contribution is 0.562. The molecular formula is C15H24N2. The van der Waals surface area contributed by atoms with Gasteiger partial charge in [-0.25, -0.2) is 0 Å². The normalized spacial score (nSPS) is 39.6. The Morgan fingerprint density at radius 2 is 1.88 bits per heavy atom. The van der Waals surface area contributed by atoms with E-state index in [0.717, 1.165) is 17.8 Å². The molecule has 17 heavy (non-hydrogen) atoms. The van der Waals surface area contributed by atoms with Crippen molar-refractivity contribution in [2.24, 2.45) is 28.0 Å². The van der Waals surface area contributed by atoms with Gasteiger partial charge in [0.2, 0.25) is 0 Å². The summed E-state index contributed by atoms with van der Waals surface area (Å²) in [6.07, 6.45) is 9.09. The van der Waals surface area contributed by atoms with E-state index in [2.05, 4.69) is 24.1 Å². The fourth-order valence-corrected chi connectivity index (χ4v) is 4.10. The molecule has 1 aliphatic heterocycles. The molecule has 0 aromatic carbocycles. The summed E-state index contributed by atoms with van der Waals surface area (Å²) in [6.45, 7) is 4.61. The second kappa shape index (κ2) is 4.55. The van der Waals surface area contributed by atoms with Crippen LogP contribution in [-0.2, 0) is 0 Å². The Morgan fingerprint density at radius 3 is 2.59 bits per heavy atom. The van der Waals surface area contributed by atoms with Crippen molar-refractivity contribution in [1.82, 2.24) is 0 Å². The molecule has 1 saturated carbocycles. The van der Waals surface area contributed by atoms with Crippen molar-refractivity contribution in [3.05, 3.63) is 11.3 Å². The van der Waals surface area contributed by atoms with Gasteiger partial charge >= 0.3 is 0 Å². The average Bonchev–Trinajstić information content (AvgIpc) is 2.85. The van der Waals surface area contributed by atoms with E-state index in [4.69, 9.17) is 0 Å². The minimum absolute atomic E-state index is 0.449. The molecule has 2 aliphatic carbocycles. The molecule has 3 rings (SSSR count). The molecule has 1 fully saturated rings. The Kier molecular flexibility index (Phi) is 3.06. The highest BCUT2D eigenvalue weighted by atomic mass is 15.2. The molecule has 0 aromatic heterocycles. The lowest BCUT2D eigenvalue weighted by atomic mass is 9.92. The van der Waals surface area contributed by atoms with Crippen molar-refractivity contribution < 1.29 is 0 Å². The van der Waals surface area contributed by atoms with Gasteiger partial charge in [-0.15, -0.1) is 0 Å². The van der Waals surface area contributed by atoms with Crippen LogP contribution in [0, 0.1) is 17.8 Å². The van der Waals surface area contributed by atoms with Gasteiger partial charge in [0.15, 0.2) is 0 Å². The zero-order valence-electron chi connectivity index (χ0n) is 11.2. The number of azo groups is 1. The molecule has 1 unspecified atom stereocenters. The molecule has 2 heteroatoms. The van der Waals surface area contributed by atoms with Gasteiger partial charge in [0.05, 0.1) is 11.7 Å². The zero-order chi connectivity index (χ0) is 11.8. The van der Waals surface area contributed by atoms with Crippen molar-refractivity contribution >= 4 is 0 Å². The topological polar surface area (TPSA) is 24.7 Å². The first kappa shape index (κ1) is 11.4. The summed E-state index contributed by atoms with van der Waals surface area (Å²) in [5.74, 6) is 3.10. The molecule has 0 aromatic rings. The Labute approximate surface area is 105 Å². The number of rotatable bonds is 3. The molecule has 1 heterocycles. The van der Waals surface area contributed by atoms with Gasteiger partial charge < -0.3 is 0 Å². The van der Waals surface area contributed by atoms with Crippen LogP contribution < -0.4 is 0 Å². The van der Waals surface area contributed by atoms with E-state index in [1.54, 1.807) is 5.57 Å². The third-order valence-corrected chi connectivity index (χ3v) is 5.09. The largest absolute Gasteiger partial charge is 0.181 e. The maximum absolute atomic E-state index is 4.48. The minimum atomic E-state index is 0.449. The van der Waals surface area contributed by atoms with Crippen molar-refractivity contribution in [3.63, 3.8) is 0 Å². The van der Waals surface area contributed by atoms with E-state index in [9.17, 15) is 0 Å². The van der Waals surface area contributed by atoms with Crippen LogP contribution in [0.1, 0.15) is 58.8 Å². The number of fused-ring (bicyclic) bond motifs is 1. The first-order valence-electron chi connectivity index (χ1n) is 7.47. The summed E-state index contributed by atoms with van der Waals surface area (Å²) >= 11 is 0. The van der Waals surface area contributed by atoms with Gasteiger partial charge in [-0.05, 0) is 55.4 Å². The van der Waals surface area contributed by atoms with Crippen LogP contribution in [0.4, 0.5) is 0 Å². The van der Waals surface area contributed by atoms with Gasteiger partial charge in [0.25, 0.3) is 0 Å². The first-order valence-corrected chi connectivity index (χ1v) is 7.47. The lowest BCUT2D eigenvalue weighted by Crippen LogP contribution is -2.07. The Morgan fingerprint density at radius 1 is 1.12 bits per heavy atom. The van der Waals surface area contributed by atoms with Crippen molar-refractivity contribution in [1.29, 1.82) is 0 Å². The maximum atomic E-state index is 4.48. The van der Waals surface area contributed by atoms with Gasteiger partial charge in [0.1, 0.15) is 0 Å². The van der Waals surface area contributed by atoms with E-state index < -0.39 is 0 Å². The van der Waals surface area contributed by atoms with Crippen LogP contribution >= 0.6 is 0 Å². The van der Waals surface area contributed by atoms with E-state index in [0.29, 0.717) is 6.04 Å². The summed E-state index contributed by atoms with van der Waals surface area (Å²) in [5, 5.41) is 8.95. The second-order valence-electron chi connectivity index (χ2n) is 5.97. The second-order valence-corrected chi connectivity index (χ2v) is 5.97. The maximum Gasteiger partial charge on any atom is 0.0943 e. The molecule has 0 N–H and O–H groups in total. The molecule has 0 saturated heterocycles. The predicted molar refractivity (Wildman–Crippen MR) is 69.8 cm³/mol. The van der Waals surface area contributed by atoms with E-state index in [-0.39, 0.29) is 0 Å². The Bertz CT molecular complexity index is 356. The van der Waals surface area contributed by atoms with Crippen molar-refractivity contribution in [2.75, 3.05) is 0 Å². The van der Waals surface area contributed by atoms with E-state index >= 15 is 0 Å². The molecule has 94 valence electrons. The molecule has 3 aliphatic rings. The van der Waals surface area contributed by atoms with Gasteiger partial charge in [-0.2, -0.15) is 10.2 Å². The highest BCUT2D eigenvalue weighted by molar-refractivity contribution is 5.24. The summed E-state index contributed by atoms with van der Waals surface area (Å²) in [5.41, 5.74) is 2.97. The predicted octanol–water partition coefficient (Wildman–Crippen LogP) is 4.72. The molecule has 0 bridgehead atoms. The quantitative estimate of drug-likeness (QED) is 0.672. The highest BCUT2D eigenvalue weighted by Crippen LogP contribution is 2.56. The van der Waals surface area contributed by atoms with Gasteiger partial charge in [-0.1, -0.05) is 26.7 Å². The molecular weight excluding hydrogens is 208 g/mol. The average molecular weight is 232 g/mol. The van der Waals surface area contributed by atoms with Crippen molar-refractivity contribution in [2.45, 2.75) is 64.8 Å². The van der Waals surface area contributed by atoms with Crippen LogP contribution in [-0.4, -0.2) is 6.04 Å². The van der Waals surface area contributed by atoms with Crippen LogP contribution in [0.3, 0.4) is 0 Å². The van der Waals surface area contributed by atoms with Gasteiger partial charge in [0, 0.05) is 0 Å². The van der Waals surface area contributed by atoms with Crippen LogP contribution in [0.25, 0.3) is 0 Å². The van der Waals surface area contributed by atoms with Crippen LogP contribution in [0.15, 0.2) is 21.5 Å². The standard InChI is InChI=1S/C15H24N2/c1-3-5-14-13-7-6-11-10(4-2)12(11)8-9-15(13)17-16-14/h10-12,14H,3-9H2,1-2H3/t10-,11-,12+,14?/m1/s1. The van der Waals surface area contributed by atoms with Gasteiger partial charge in [-0.3, -0.25) is 0 Å². The molecule has 2 nitrogen and oxygen atoms in total. The van der Waals surface area contributed by atoms with Crippen LogP contribution in [0.5, 0.6) is 0 Å². The third-order valence-electron chi connectivity index (χ3n) is 5.09.